The number of ether oxygens (including phenoxy) is 1. The molecule has 4 heteroatoms. The van der Waals surface area contributed by atoms with Crippen LogP contribution in [0.1, 0.15) is 6.92 Å². The maximum absolute atomic E-state index is 10.4. The zero-order chi connectivity index (χ0) is 7.28. The third-order valence-corrected chi connectivity index (χ3v) is 0.808. The summed E-state index contributed by atoms with van der Waals surface area (Å²) in [5, 5.41) is 0. The van der Waals surface area contributed by atoms with Crippen LogP contribution in [0.5, 0.6) is 0 Å². The van der Waals surface area contributed by atoms with Crippen molar-refractivity contribution in [2.45, 2.75) is 6.92 Å². The second kappa shape index (κ2) is 3.95. The summed E-state index contributed by atoms with van der Waals surface area (Å²) in [5.41, 5.74) is 8.15. The van der Waals surface area contributed by atoms with Gasteiger partial charge in [0.1, 0.15) is 0 Å². The van der Waals surface area contributed by atoms with Crippen LogP contribution in [0, 0.1) is 0 Å². The zero-order valence-corrected chi connectivity index (χ0v) is 5.42. The molecule has 0 saturated carbocycles. The van der Waals surface area contributed by atoms with E-state index in [0.29, 0.717) is 0 Å². The SMILES string of the molecule is COCC(=[N+]=[N-])C(C)=O. The summed E-state index contributed by atoms with van der Waals surface area (Å²) < 4.78 is 4.54. The fourth-order valence-electron chi connectivity index (χ4n) is 0.338. The molecule has 0 aromatic carbocycles. The summed E-state index contributed by atoms with van der Waals surface area (Å²) in [6.45, 7) is 1.37. The molecular formula is C5H8N2O2. The van der Waals surface area contributed by atoms with Gasteiger partial charge in [-0.15, -0.1) is 0 Å². The molecule has 0 amide bonds. The lowest BCUT2D eigenvalue weighted by Crippen LogP contribution is -2.16. The largest absolute Gasteiger partial charge is 0.372 e. The predicted molar refractivity (Wildman–Crippen MR) is 31.2 cm³/mol. The van der Waals surface area contributed by atoms with Crippen molar-refractivity contribution in [2.24, 2.45) is 0 Å². The van der Waals surface area contributed by atoms with Crippen LogP contribution < -0.4 is 0 Å². The van der Waals surface area contributed by atoms with Crippen LogP contribution in [0.25, 0.3) is 5.53 Å². The Labute approximate surface area is 53.1 Å². The molecule has 0 fully saturated rings. The maximum Gasteiger partial charge on any atom is 0.359 e. The van der Waals surface area contributed by atoms with Crippen molar-refractivity contribution in [3.8, 4) is 0 Å². The molecule has 0 aliphatic heterocycles. The summed E-state index contributed by atoms with van der Waals surface area (Å²) in [5.74, 6) is -0.278. The second-order valence-electron chi connectivity index (χ2n) is 1.54. The van der Waals surface area contributed by atoms with Crippen molar-refractivity contribution in [3.63, 3.8) is 0 Å². The molecule has 0 aromatic heterocycles. The second-order valence-corrected chi connectivity index (χ2v) is 1.54. The molecule has 9 heavy (non-hydrogen) atoms. The molecule has 0 spiro atoms. The molecule has 0 N–H and O–H groups in total. The van der Waals surface area contributed by atoms with Gasteiger partial charge in [-0.3, -0.25) is 4.79 Å². The van der Waals surface area contributed by atoms with E-state index in [0.717, 1.165) is 0 Å². The average molecular weight is 128 g/mol. The van der Waals surface area contributed by atoms with E-state index in [-0.39, 0.29) is 18.1 Å². The standard InChI is InChI=1S/C5H8N2O2/c1-4(8)5(7-6)3-9-2/h3H2,1-2H3. The summed E-state index contributed by atoms with van der Waals surface area (Å²) in [4.78, 5) is 13.1. The van der Waals surface area contributed by atoms with Gasteiger partial charge in [-0.1, -0.05) is 0 Å². The van der Waals surface area contributed by atoms with E-state index in [9.17, 15) is 4.79 Å². The van der Waals surface area contributed by atoms with Crippen molar-refractivity contribution >= 4 is 11.5 Å². The Bertz CT molecular complexity index is 158. The molecule has 0 aromatic rings. The van der Waals surface area contributed by atoms with Gasteiger partial charge in [0.05, 0.1) is 0 Å². The molecule has 0 unspecified atom stereocenters. The number of Topliss-reactive ketones (excluding diaryl/α,β-unsaturated/α-hetero) is 1. The Morgan fingerprint density at radius 1 is 1.78 bits per heavy atom. The zero-order valence-electron chi connectivity index (χ0n) is 5.42. The van der Waals surface area contributed by atoms with Gasteiger partial charge in [-0.25, -0.2) is 0 Å². The summed E-state index contributed by atoms with van der Waals surface area (Å²) in [6, 6.07) is 0. The molecule has 0 aliphatic rings. The maximum atomic E-state index is 10.4. The number of rotatable bonds is 3. The van der Waals surface area contributed by atoms with Gasteiger partial charge in [0.15, 0.2) is 6.61 Å². The van der Waals surface area contributed by atoms with E-state index in [1.807, 2.05) is 0 Å². The highest BCUT2D eigenvalue weighted by atomic mass is 16.5. The van der Waals surface area contributed by atoms with E-state index >= 15 is 0 Å². The summed E-state index contributed by atoms with van der Waals surface area (Å²) in [6.07, 6.45) is 0. The van der Waals surface area contributed by atoms with Crippen molar-refractivity contribution in [1.82, 2.24) is 0 Å². The lowest BCUT2D eigenvalue weighted by atomic mass is 10.3. The van der Waals surface area contributed by atoms with Crippen LogP contribution >= 0.6 is 0 Å². The van der Waals surface area contributed by atoms with E-state index in [1.54, 1.807) is 0 Å². The Morgan fingerprint density at radius 3 is 2.44 bits per heavy atom. The van der Waals surface area contributed by atoms with E-state index in [2.05, 4.69) is 9.53 Å². The molecule has 50 valence electrons. The summed E-state index contributed by atoms with van der Waals surface area (Å²) >= 11 is 0. The number of hydrogen-bond acceptors (Lipinski definition) is 2. The number of hydrogen-bond donors (Lipinski definition) is 0. The van der Waals surface area contributed by atoms with E-state index < -0.39 is 0 Å². The third-order valence-electron chi connectivity index (χ3n) is 0.808. The number of carbonyl (C=O) groups is 1. The van der Waals surface area contributed by atoms with Gasteiger partial charge in [-0.05, 0) is 0 Å². The van der Waals surface area contributed by atoms with Crippen LogP contribution in [0.2, 0.25) is 0 Å². The third kappa shape index (κ3) is 2.74. The van der Waals surface area contributed by atoms with Gasteiger partial charge in [0.2, 0.25) is 5.78 Å². The van der Waals surface area contributed by atoms with Crippen LogP contribution in [-0.4, -0.2) is 30.0 Å². The monoisotopic (exact) mass is 128 g/mol. The van der Waals surface area contributed by atoms with Crippen molar-refractivity contribution in [1.29, 1.82) is 0 Å². The highest BCUT2D eigenvalue weighted by Crippen LogP contribution is 1.75. The van der Waals surface area contributed by atoms with Gasteiger partial charge in [-0.2, -0.15) is 4.79 Å². The Balaban J connectivity index is 4.02. The Morgan fingerprint density at radius 2 is 2.33 bits per heavy atom. The lowest BCUT2D eigenvalue weighted by molar-refractivity contribution is -0.116. The normalized spacial score (nSPS) is 8.22. The highest BCUT2D eigenvalue weighted by molar-refractivity contribution is 6.37. The first kappa shape index (κ1) is 8.01. The Kier molecular flexibility index (Phi) is 3.51. The van der Waals surface area contributed by atoms with Gasteiger partial charge >= 0.3 is 5.71 Å². The average Bonchev–Trinajstić information content (AvgIpc) is 1.82. The minimum absolute atomic E-state index is 0.0394. The fraction of sp³-hybridized carbons (Fsp3) is 0.600. The molecule has 0 bridgehead atoms. The first-order chi connectivity index (χ1) is 4.22. The number of nitrogens with zero attached hydrogens (tertiary/aromatic N) is 2. The van der Waals surface area contributed by atoms with Gasteiger partial charge < -0.3 is 10.3 Å². The Hall–Kier alpha value is -0.990. The number of methoxy groups -OCH3 is 1. The van der Waals surface area contributed by atoms with Crippen LogP contribution in [0.3, 0.4) is 0 Å². The van der Waals surface area contributed by atoms with Gasteiger partial charge in [0.25, 0.3) is 0 Å². The smallest absolute Gasteiger partial charge is 0.359 e. The minimum Gasteiger partial charge on any atom is -0.372 e. The van der Waals surface area contributed by atoms with Gasteiger partial charge in [0, 0.05) is 14.0 Å². The van der Waals surface area contributed by atoms with E-state index in [1.165, 1.54) is 14.0 Å². The fourth-order valence-corrected chi connectivity index (χ4v) is 0.338. The first-order valence-corrected chi connectivity index (χ1v) is 2.43. The molecule has 0 radical (unpaired) electrons. The summed E-state index contributed by atoms with van der Waals surface area (Å²) in [7, 11) is 1.42. The topological polar surface area (TPSA) is 62.7 Å². The van der Waals surface area contributed by atoms with Crippen molar-refractivity contribution < 1.29 is 14.3 Å². The predicted octanol–water partition coefficient (Wildman–Crippen LogP) is -0.107. The van der Waals surface area contributed by atoms with E-state index in [4.69, 9.17) is 5.53 Å². The number of carbonyl (C=O) groups excluding carboxylic acids is 1. The molecule has 0 heterocycles. The molecule has 0 aliphatic carbocycles. The molecule has 0 saturated heterocycles. The molecular weight excluding hydrogens is 120 g/mol. The first-order valence-electron chi connectivity index (χ1n) is 2.43. The van der Waals surface area contributed by atoms with Crippen LogP contribution in [-0.2, 0) is 9.53 Å². The number of ketones is 1. The lowest BCUT2D eigenvalue weighted by Gasteiger charge is -1.86. The van der Waals surface area contributed by atoms with Crippen molar-refractivity contribution in [3.05, 3.63) is 5.53 Å². The highest BCUT2D eigenvalue weighted by Gasteiger charge is 2.12. The molecule has 0 rings (SSSR count). The van der Waals surface area contributed by atoms with Crippen LogP contribution in [0.15, 0.2) is 0 Å². The van der Waals surface area contributed by atoms with Crippen molar-refractivity contribution in [2.75, 3.05) is 13.7 Å². The molecule has 0 atom stereocenters. The van der Waals surface area contributed by atoms with Crippen LogP contribution in [0.4, 0.5) is 0 Å². The molecule has 4 nitrogen and oxygen atoms in total. The quantitative estimate of drug-likeness (QED) is 0.302. The minimum atomic E-state index is -0.278.